The molecule has 1 saturated carbocycles. The molecular weight excluding hydrogens is 244 g/mol. The summed E-state index contributed by atoms with van der Waals surface area (Å²) < 4.78 is 5.88. The van der Waals surface area contributed by atoms with Gasteiger partial charge in [-0.2, -0.15) is 15.0 Å². The lowest BCUT2D eigenvalue weighted by Gasteiger charge is -2.17. The maximum absolute atomic E-state index is 5.88. The van der Waals surface area contributed by atoms with Gasteiger partial charge in [0.2, 0.25) is 11.9 Å². The van der Waals surface area contributed by atoms with Crippen molar-refractivity contribution in [3.63, 3.8) is 0 Å². The summed E-state index contributed by atoms with van der Waals surface area (Å²) in [5.41, 5.74) is 2.44. The predicted molar refractivity (Wildman–Crippen MR) is 74.1 cm³/mol. The van der Waals surface area contributed by atoms with Gasteiger partial charge in [0, 0.05) is 14.1 Å². The minimum atomic E-state index is 0.200. The van der Waals surface area contributed by atoms with Crippen LogP contribution in [-0.4, -0.2) is 35.2 Å². The number of rotatable bonds is 4. The molecule has 0 saturated heterocycles. The maximum Gasteiger partial charge on any atom is 0.323 e. The zero-order valence-electron chi connectivity index (χ0n) is 11.6. The van der Waals surface area contributed by atoms with Crippen molar-refractivity contribution in [3.8, 4) is 6.01 Å². The van der Waals surface area contributed by atoms with Gasteiger partial charge in [0.1, 0.15) is 6.10 Å². The maximum atomic E-state index is 5.88. The quantitative estimate of drug-likeness (QED) is 0.482. The Morgan fingerprint density at radius 1 is 1.11 bits per heavy atom. The highest BCUT2D eigenvalue weighted by molar-refractivity contribution is 5.36. The molecule has 0 amide bonds. The van der Waals surface area contributed by atoms with Crippen LogP contribution in [0.2, 0.25) is 0 Å². The third kappa shape index (κ3) is 3.92. The van der Waals surface area contributed by atoms with Gasteiger partial charge >= 0.3 is 6.01 Å². The second-order valence-corrected chi connectivity index (χ2v) is 5.01. The van der Waals surface area contributed by atoms with Gasteiger partial charge in [-0.25, -0.2) is 5.84 Å². The van der Waals surface area contributed by atoms with Crippen molar-refractivity contribution >= 4 is 11.9 Å². The molecule has 0 radical (unpaired) electrons. The van der Waals surface area contributed by atoms with Gasteiger partial charge in [0.25, 0.3) is 0 Å². The van der Waals surface area contributed by atoms with Crippen LogP contribution in [0.15, 0.2) is 0 Å². The highest BCUT2D eigenvalue weighted by atomic mass is 16.5. The van der Waals surface area contributed by atoms with Gasteiger partial charge in [-0.1, -0.05) is 12.8 Å². The molecule has 1 heterocycles. The Kier molecular flexibility index (Phi) is 4.73. The Hall–Kier alpha value is -1.63. The van der Waals surface area contributed by atoms with Crippen LogP contribution < -0.4 is 20.9 Å². The van der Waals surface area contributed by atoms with E-state index in [0.717, 1.165) is 12.8 Å². The van der Waals surface area contributed by atoms with Crippen molar-refractivity contribution < 1.29 is 4.74 Å². The highest BCUT2D eigenvalue weighted by Gasteiger charge is 2.16. The standard InChI is InChI=1S/C12H22N6O/c1-18(2)11-14-10(17-13)15-12(16-11)19-9-7-5-3-4-6-8-9/h9H,3-8,13H2,1-2H3,(H,14,15,16,17). The third-order valence-corrected chi connectivity index (χ3v) is 3.21. The second-order valence-electron chi connectivity index (χ2n) is 5.01. The number of nitrogens with zero attached hydrogens (tertiary/aromatic N) is 4. The molecule has 106 valence electrons. The second kappa shape index (κ2) is 6.51. The molecule has 0 bridgehead atoms. The van der Waals surface area contributed by atoms with Gasteiger partial charge in [-0.15, -0.1) is 0 Å². The topological polar surface area (TPSA) is 89.2 Å². The lowest BCUT2D eigenvalue weighted by atomic mass is 10.2. The summed E-state index contributed by atoms with van der Waals surface area (Å²) in [4.78, 5) is 14.4. The summed E-state index contributed by atoms with van der Waals surface area (Å²) in [6.07, 6.45) is 7.32. The molecule has 0 aliphatic heterocycles. The van der Waals surface area contributed by atoms with Crippen molar-refractivity contribution in [1.82, 2.24) is 15.0 Å². The van der Waals surface area contributed by atoms with Crippen LogP contribution >= 0.6 is 0 Å². The summed E-state index contributed by atoms with van der Waals surface area (Å²) in [5, 5.41) is 0. The van der Waals surface area contributed by atoms with E-state index in [1.807, 2.05) is 14.1 Å². The number of hydrogen-bond acceptors (Lipinski definition) is 7. The van der Waals surface area contributed by atoms with Crippen LogP contribution in [0.5, 0.6) is 6.01 Å². The van der Waals surface area contributed by atoms with Gasteiger partial charge in [-0.05, 0) is 25.7 Å². The average Bonchev–Trinajstić information content (AvgIpc) is 2.67. The Bertz CT molecular complexity index is 403. The molecule has 3 N–H and O–H groups in total. The number of nitrogens with two attached hydrogens (primary N) is 1. The third-order valence-electron chi connectivity index (χ3n) is 3.21. The highest BCUT2D eigenvalue weighted by Crippen LogP contribution is 2.22. The van der Waals surface area contributed by atoms with E-state index in [2.05, 4.69) is 20.4 Å². The molecule has 2 rings (SSSR count). The SMILES string of the molecule is CN(C)c1nc(NN)nc(OC2CCCCCC2)n1. The molecule has 7 nitrogen and oxygen atoms in total. The largest absolute Gasteiger partial charge is 0.460 e. The zero-order valence-corrected chi connectivity index (χ0v) is 11.6. The molecule has 0 aromatic carbocycles. The van der Waals surface area contributed by atoms with E-state index in [9.17, 15) is 0 Å². The molecular formula is C12H22N6O. The normalized spacial score (nSPS) is 16.8. The van der Waals surface area contributed by atoms with Gasteiger partial charge in [0.05, 0.1) is 0 Å². The Morgan fingerprint density at radius 3 is 2.37 bits per heavy atom. The van der Waals surface area contributed by atoms with Gasteiger partial charge in [-0.3, -0.25) is 5.43 Å². The number of nitrogen functional groups attached to an aromatic ring is 1. The fourth-order valence-corrected chi connectivity index (χ4v) is 2.17. The predicted octanol–water partition coefficient (Wildman–Crippen LogP) is 1.32. The Balaban J connectivity index is 2.11. The van der Waals surface area contributed by atoms with Crippen molar-refractivity contribution in [2.24, 2.45) is 5.84 Å². The average molecular weight is 266 g/mol. The lowest BCUT2D eigenvalue weighted by Crippen LogP contribution is -2.21. The van der Waals surface area contributed by atoms with E-state index in [-0.39, 0.29) is 6.10 Å². The van der Waals surface area contributed by atoms with E-state index in [1.165, 1.54) is 25.7 Å². The molecule has 1 aliphatic rings. The molecule has 1 fully saturated rings. The fraction of sp³-hybridized carbons (Fsp3) is 0.750. The van der Waals surface area contributed by atoms with Gasteiger partial charge < -0.3 is 9.64 Å². The van der Waals surface area contributed by atoms with Gasteiger partial charge in [0.15, 0.2) is 0 Å². The summed E-state index contributed by atoms with van der Waals surface area (Å²) in [6, 6.07) is 0.346. The van der Waals surface area contributed by atoms with Crippen LogP contribution in [0, 0.1) is 0 Å². The smallest absolute Gasteiger partial charge is 0.323 e. The first-order valence-corrected chi connectivity index (χ1v) is 6.75. The van der Waals surface area contributed by atoms with Crippen LogP contribution in [0.1, 0.15) is 38.5 Å². The molecule has 19 heavy (non-hydrogen) atoms. The number of nitrogens with one attached hydrogen (secondary N) is 1. The first-order chi connectivity index (χ1) is 9.19. The molecule has 1 aromatic heterocycles. The van der Waals surface area contributed by atoms with Crippen molar-refractivity contribution in [2.75, 3.05) is 24.4 Å². The van der Waals surface area contributed by atoms with E-state index < -0.39 is 0 Å². The Labute approximate surface area is 113 Å². The van der Waals surface area contributed by atoms with E-state index in [4.69, 9.17) is 10.6 Å². The molecule has 0 atom stereocenters. The number of anilines is 2. The number of aromatic nitrogens is 3. The van der Waals surface area contributed by atoms with E-state index in [1.54, 1.807) is 4.90 Å². The van der Waals surface area contributed by atoms with E-state index in [0.29, 0.717) is 17.9 Å². The summed E-state index contributed by atoms with van der Waals surface area (Å²) in [7, 11) is 3.73. The molecule has 1 aliphatic carbocycles. The molecule has 1 aromatic rings. The Morgan fingerprint density at radius 2 is 1.79 bits per heavy atom. The molecule has 7 heteroatoms. The van der Waals surface area contributed by atoms with Crippen LogP contribution in [0.4, 0.5) is 11.9 Å². The summed E-state index contributed by atoms with van der Waals surface area (Å²) in [6.45, 7) is 0. The number of hydrogen-bond donors (Lipinski definition) is 2. The molecule has 0 unspecified atom stereocenters. The summed E-state index contributed by atoms with van der Waals surface area (Å²) in [5.74, 6) is 6.22. The number of hydrazine groups is 1. The first kappa shape index (κ1) is 13.8. The lowest BCUT2D eigenvalue weighted by molar-refractivity contribution is 0.168. The van der Waals surface area contributed by atoms with Crippen LogP contribution in [-0.2, 0) is 0 Å². The minimum Gasteiger partial charge on any atom is -0.460 e. The first-order valence-electron chi connectivity index (χ1n) is 6.75. The van der Waals surface area contributed by atoms with Crippen LogP contribution in [0.3, 0.4) is 0 Å². The van der Waals surface area contributed by atoms with Crippen molar-refractivity contribution in [2.45, 2.75) is 44.6 Å². The van der Waals surface area contributed by atoms with Crippen molar-refractivity contribution in [3.05, 3.63) is 0 Å². The fourth-order valence-electron chi connectivity index (χ4n) is 2.17. The van der Waals surface area contributed by atoms with E-state index >= 15 is 0 Å². The monoisotopic (exact) mass is 266 g/mol. The molecule has 0 spiro atoms. The minimum absolute atomic E-state index is 0.200. The summed E-state index contributed by atoms with van der Waals surface area (Å²) >= 11 is 0. The zero-order chi connectivity index (χ0) is 13.7. The van der Waals surface area contributed by atoms with Crippen LogP contribution in [0.25, 0.3) is 0 Å². The number of ether oxygens (including phenoxy) is 1. The van der Waals surface area contributed by atoms with Crippen molar-refractivity contribution in [1.29, 1.82) is 0 Å².